The minimum Gasteiger partial charge on any atom is -0.384 e. The van der Waals surface area contributed by atoms with Crippen LogP contribution >= 0.6 is 0 Å². The Morgan fingerprint density at radius 2 is 2.05 bits per heavy atom. The van der Waals surface area contributed by atoms with E-state index in [1.165, 1.54) is 31.4 Å². The first kappa shape index (κ1) is 16.0. The third-order valence-electron chi connectivity index (χ3n) is 4.16. The Morgan fingerprint density at radius 1 is 1.29 bits per heavy atom. The van der Waals surface area contributed by atoms with Crippen LogP contribution in [0.5, 0.6) is 0 Å². The number of aliphatic hydroxyl groups excluding tert-OH is 1. The molecule has 1 fully saturated rings. The molecule has 0 amide bonds. The average Bonchev–Trinajstić information content (AvgIpc) is 2.49. The standard InChI is InChI=1S/C18H26N2O/c1-19(15-18-7-3-4-12-20(18)2)14-17-10-8-16(9-11-17)6-5-13-21/h8-11,18,21H,3-4,7,12-15H2,1-2H3. The van der Waals surface area contributed by atoms with Gasteiger partial charge < -0.3 is 14.9 Å². The summed E-state index contributed by atoms with van der Waals surface area (Å²) < 4.78 is 0. The molecule has 1 aliphatic rings. The molecule has 1 saturated heterocycles. The van der Waals surface area contributed by atoms with Crippen molar-refractivity contribution in [2.75, 3.05) is 33.8 Å². The van der Waals surface area contributed by atoms with E-state index >= 15 is 0 Å². The quantitative estimate of drug-likeness (QED) is 0.857. The summed E-state index contributed by atoms with van der Waals surface area (Å²) in [6.45, 7) is 3.25. The van der Waals surface area contributed by atoms with Crippen molar-refractivity contribution < 1.29 is 5.11 Å². The zero-order valence-corrected chi connectivity index (χ0v) is 13.2. The Bertz CT molecular complexity index is 486. The first-order valence-corrected chi connectivity index (χ1v) is 7.76. The van der Waals surface area contributed by atoms with E-state index in [1.807, 2.05) is 12.1 Å². The molecule has 0 saturated carbocycles. The summed E-state index contributed by atoms with van der Waals surface area (Å²) in [7, 11) is 4.44. The summed E-state index contributed by atoms with van der Waals surface area (Å²) in [5.74, 6) is 5.60. The highest BCUT2D eigenvalue weighted by Crippen LogP contribution is 2.16. The molecule has 0 bridgehead atoms. The third-order valence-corrected chi connectivity index (χ3v) is 4.16. The third kappa shape index (κ3) is 5.17. The highest BCUT2D eigenvalue weighted by molar-refractivity contribution is 5.36. The van der Waals surface area contributed by atoms with Crippen molar-refractivity contribution in [2.24, 2.45) is 0 Å². The van der Waals surface area contributed by atoms with Gasteiger partial charge in [0.2, 0.25) is 0 Å². The largest absolute Gasteiger partial charge is 0.384 e. The second kappa shape index (κ2) is 8.19. The predicted octanol–water partition coefficient (Wildman–Crippen LogP) is 1.95. The van der Waals surface area contributed by atoms with E-state index in [0.29, 0.717) is 6.04 Å². The van der Waals surface area contributed by atoms with Crippen LogP contribution in [0.4, 0.5) is 0 Å². The molecule has 3 nitrogen and oxygen atoms in total. The number of aliphatic hydroxyl groups is 1. The molecule has 1 unspecified atom stereocenters. The Labute approximate surface area is 128 Å². The van der Waals surface area contributed by atoms with E-state index in [0.717, 1.165) is 18.7 Å². The lowest BCUT2D eigenvalue weighted by Gasteiger charge is -2.35. The number of nitrogens with zero attached hydrogens (tertiary/aromatic N) is 2. The van der Waals surface area contributed by atoms with Crippen molar-refractivity contribution in [2.45, 2.75) is 31.8 Å². The lowest BCUT2D eigenvalue weighted by molar-refractivity contribution is 0.138. The summed E-state index contributed by atoms with van der Waals surface area (Å²) in [5.41, 5.74) is 2.27. The molecule has 0 aliphatic carbocycles. The van der Waals surface area contributed by atoms with Crippen molar-refractivity contribution in [3.05, 3.63) is 35.4 Å². The van der Waals surface area contributed by atoms with Gasteiger partial charge in [0.25, 0.3) is 0 Å². The van der Waals surface area contributed by atoms with E-state index in [4.69, 9.17) is 5.11 Å². The minimum absolute atomic E-state index is 0.0839. The smallest absolute Gasteiger partial charge is 0.104 e. The van der Waals surface area contributed by atoms with Crippen LogP contribution in [0, 0.1) is 11.8 Å². The molecular weight excluding hydrogens is 260 g/mol. The van der Waals surface area contributed by atoms with Crippen molar-refractivity contribution in [3.63, 3.8) is 0 Å². The van der Waals surface area contributed by atoms with Gasteiger partial charge in [0.1, 0.15) is 6.61 Å². The maximum atomic E-state index is 8.69. The molecular formula is C18H26N2O. The second-order valence-electron chi connectivity index (χ2n) is 5.98. The van der Waals surface area contributed by atoms with Crippen LogP contribution in [0.15, 0.2) is 24.3 Å². The molecule has 0 spiro atoms. The van der Waals surface area contributed by atoms with Crippen molar-refractivity contribution in [1.82, 2.24) is 9.80 Å². The molecule has 1 aromatic rings. The van der Waals surface area contributed by atoms with Gasteiger partial charge in [-0.25, -0.2) is 0 Å². The van der Waals surface area contributed by atoms with Gasteiger partial charge in [-0.1, -0.05) is 30.4 Å². The summed E-state index contributed by atoms with van der Waals surface area (Å²) in [5, 5.41) is 8.69. The molecule has 2 rings (SSSR count). The zero-order valence-electron chi connectivity index (χ0n) is 13.2. The van der Waals surface area contributed by atoms with Gasteiger partial charge in [0.15, 0.2) is 0 Å². The van der Waals surface area contributed by atoms with Crippen LogP contribution in [0.2, 0.25) is 0 Å². The summed E-state index contributed by atoms with van der Waals surface area (Å²) in [4.78, 5) is 4.90. The van der Waals surface area contributed by atoms with Gasteiger partial charge in [-0.2, -0.15) is 0 Å². The maximum Gasteiger partial charge on any atom is 0.104 e. The molecule has 1 atom stereocenters. The van der Waals surface area contributed by atoms with Crippen molar-refractivity contribution in [3.8, 4) is 11.8 Å². The van der Waals surface area contributed by atoms with Crippen LogP contribution in [-0.2, 0) is 6.54 Å². The van der Waals surface area contributed by atoms with Crippen LogP contribution in [-0.4, -0.2) is 54.7 Å². The molecule has 1 heterocycles. The monoisotopic (exact) mass is 286 g/mol. The summed E-state index contributed by atoms with van der Waals surface area (Å²) >= 11 is 0. The Hall–Kier alpha value is -1.34. The highest BCUT2D eigenvalue weighted by atomic mass is 16.2. The summed E-state index contributed by atoms with van der Waals surface area (Å²) in [6, 6.07) is 9.00. The number of benzene rings is 1. The van der Waals surface area contributed by atoms with Gasteiger partial charge in [0.05, 0.1) is 0 Å². The number of likely N-dealkylation sites (N-methyl/N-ethyl adjacent to an activating group) is 2. The zero-order chi connectivity index (χ0) is 15.1. The summed E-state index contributed by atoms with van der Waals surface area (Å²) in [6.07, 6.45) is 4.02. The SMILES string of the molecule is CN(Cc1ccc(C#CCO)cc1)CC1CCCCN1C. The predicted molar refractivity (Wildman–Crippen MR) is 87.0 cm³/mol. The van der Waals surface area contributed by atoms with Crippen LogP contribution in [0.25, 0.3) is 0 Å². The van der Waals surface area contributed by atoms with Crippen LogP contribution in [0.3, 0.4) is 0 Å². The highest BCUT2D eigenvalue weighted by Gasteiger charge is 2.20. The molecule has 0 radical (unpaired) electrons. The number of hydrogen-bond donors (Lipinski definition) is 1. The molecule has 1 aromatic carbocycles. The minimum atomic E-state index is -0.0839. The lowest BCUT2D eigenvalue weighted by atomic mass is 10.0. The maximum absolute atomic E-state index is 8.69. The van der Waals surface area contributed by atoms with E-state index < -0.39 is 0 Å². The van der Waals surface area contributed by atoms with Gasteiger partial charge in [-0.05, 0) is 51.2 Å². The Kier molecular flexibility index (Phi) is 6.25. The molecule has 0 aromatic heterocycles. The topological polar surface area (TPSA) is 26.7 Å². The van der Waals surface area contributed by atoms with E-state index in [-0.39, 0.29) is 6.61 Å². The second-order valence-corrected chi connectivity index (χ2v) is 5.98. The van der Waals surface area contributed by atoms with Gasteiger partial charge in [-0.3, -0.25) is 0 Å². The Balaban J connectivity index is 1.85. The van der Waals surface area contributed by atoms with Gasteiger partial charge in [-0.15, -0.1) is 0 Å². The van der Waals surface area contributed by atoms with E-state index in [1.54, 1.807) is 0 Å². The molecule has 21 heavy (non-hydrogen) atoms. The van der Waals surface area contributed by atoms with Gasteiger partial charge >= 0.3 is 0 Å². The molecule has 1 N–H and O–H groups in total. The lowest BCUT2D eigenvalue weighted by Crippen LogP contribution is -2.43. The van der Waals surface area contributed by atoms with Crippen LogP contribution in [0.1, 0.15) is 30.4 Å². The average molecular weight is 286 g/mol. The molecule has 1 aliphatic heterocycles. The first-order valence-electron chi connectivity index (χ1n) is 7.76. The molecule has 3 heteroatoms. The number of likely N-dealkylation sites (tertiary alicyclic amines) is 1. The fraction of sp³-hybridized carbons (Fsp3) is 0.556. The normalized spacial score (nSPS) is 19.3. The number of hydrogen-bond acceptors (Lipinski definition) is 3. The number of rotatable bonds is 4. The van der Waals surface area contributed by atoms with Gasteiger partial charge in [0, 0.05) is 24.7 Å². The van der Waals surface area contributed by atoms with E-state index in [2.05, 4.69) is 47.9 Å². The number of piperidine rings is 1. The van der Waals surface area contributed by atoms with Crippen LogP contribution < -0.4 is 0 Å². The molecule has 114 valence electrons. The van der Waals surface area contributed by atoms with Crippen molar-refractivity contribution in [1.29, 1.82) is 0 Å². The van der Waals surface area contributed by atoms with Crippen molar-refractivity contribution >= 4 is 0 Å². The first-order chi connectivity index (χ1) is 10.2. The Morgan fingerprint density at radius 3 is 2.71 bits per heavy atom. The fourth-order valence-electron chi connectivity index (χ4n) is 2.95. The van der Waals surface area contributed by atoms with E-state index in [9.17, 15) is 0 Å². The fourth-order valence-corrected chi connectivity index (χ4v) is 2.95.